The second kappa shape index (κ2) is 13.2. The van der Waals surface area contributed by atoms with Gasteiger partial charge in [0.05, 0.1) is 12.2 Å². The Balaban J connectivity index is 0.00000363. The van der Waals surface area contributed by atoms with Crippen LogP contribution >= 0.6 is 35.6 Å². The van der Waals surface area contributed by atoms with Crippen LogP contribution in [0.1, 0.15) is 11.6 Å². The fourth-order valence-corrected chi connectivity index (χ4v) is 3.86. The molecule has 178 valence electrons. The van der Waals surface area contributed by atoms with Crippen molar-refractivity contribution in [2.24, 2.45) is 12.0 Å². The van der Waals surface area contributed by atoms with Gasteiger partial charge < -0.3 is 19.9 Å². The Morgan fingerprint density at radius 2 is 1.91 bits per heavy atom. The summed E-state index contributed by atoms with van der Waals surface area (Å²) in [4.78, 5) is 11.5. The zero-order valence-electron chi connectivity index (χ0n) is 19.4. The molecule has 1 aliphatic rings. The summed E-state index contributed by atoms with van der Waals surface area (Å²) in [6.45, 7) is 6.23. The predicted octanol–water partition coefficient (Wildman–Crippen LogP) is 2.57. The van der Waals surface area contributed by atoms with Crippen LogP contribution < -0.4 is 10.1 Å². The van der Waals surface area contributed by atoms with Crippen LogP contribution in [0.2, 0.25) is 5.02 Å². The highest BCUT2D eigenvalue weighted by Crippen LogP contribution is 2.17. The summed E-state index contributed by atoms with van der Waals surface area (Å²) in [5.74, 6) is 1.81. The van der Waals surface area contributed by atoms with E-state index in [0.29, 0.717) is 6.61 Å². The normalized spacial score (nSPS) is 16.1. The topological polar surface area (TPSA) is 61.2 Å². The number of piperazine rings is 1. The average Bonchev–Trinajstić information content (AvgIpc) is 3.19. The highest BCUT2D eigenvalue weighted by atomic mass is 127. The first-order valence-corrected chi connectivity index (χ1v) is 11.1. The van der Waals surface area contributed by atoms with E-state index in [-0.39, 0.29) is 30.0 Å². The molecule has 1 fully saturated rings. The lowest BCUT2D eigenvalue weighted by Crippen LogP contribution is -2.53. The molecule has 0 radical (unpaired) electrons. The molecule has 10 heteroatoms. The monoisotopic (exact) mass is 575 g/mol. The predicted molar refractivity (Wildman–Crippen MR) is 141 cm³/mol. The van der Waals surface area contributed by atoms with Gasteiger partial charge in [0.15, 0.2) is 5.96 Å². The Morgan fingerprint density at radius 1 is 1.22 bits per heavy atom. The lowest BCUT2D eigenvalue weighted by molar-refractivity contribution is 0.151. The minimum Gasteiger partial charge on any atom is -0.492 e. The van der Waals surface area contributed by atoms with Crippen LogP contribution in [0.3, 0.4) is 0 Å². The van der Waals surface area contributed by atoms with Crippen molar-refractivity contribution in [2.45, 2.75) is 6.04 Å². The van der Waals surface area contributed by atoms with E-state index < -0.39 is 0 Å². The molecule has 2 heterocycles. The van der Waals surface area contributed by atoms with Crippen LogP contribution in [0.4, 0.5) is 0 Å². The van der Waals surface area contributed by atoms with Gasteiger partial charge in [0.2, 0.25) is 0 Å². The van der Waals surface area contributed by atoms with Crippen molar-refractivity contribution in [1.29, 1.82) is 0 Å². The largest absolute Gasteiger partial charge is 0.492 e. The quantitative estimate of drug-likeness (QED) is 0.297. The van der Waals surface area contributed by atoms with Crippen molar-refractivity contribution in [1.82, 2.24) is 29.8 Å². The number of benzene rings is 1. The SMILES string of the molecule is CN=C(NCC(c1cnn(C)c1)N(C)C)N1CCN(CCOc2ccc(Cl)cc2)CC1.I. The van der Waals surface area contributed by atoms with Crippen molar-refractivity contribution in [3.8, 4) is 5.75 Å². The van der Waals surface area contributed by atoms with Crippen molar-refractivity contribution in [3.63, 3.8) is 0 Å². The fraction of sp³-hybridized carbons (Fsp3) is 0.545. The Morgan fingerprint density at radius 3 is 2.47 bits per heavy atom. The van der Waals surface area contributed by atoms with Crippen molar-refractivity contribution in [3.05, 3.63) is 47.2 Å². The third-order valence-electron chi connectivity index (χ3n) is 5.56. The van der Waals surface area contributed by atoms with Gasteiger partial charge in [0.1, 0.15) is 12.4 Å². The molecule has 8 nitrogen and oxygen atoms in total. The van der Waals surface area contributed by atoms with E-state index in [1.807, 2.05) is 49.2 Å². The van der Waals surface area contributed by atoms with Crippen molar-refractivity contribution >= 4 is 41.5 Å². The van der Waals surface area contributed by atoms with Crippen LogP contribution in [0, 0.1) is 0 Å². The van der Waals surface area contributed by atoms with Gasteiger partial charge in [-0.2, -0.15) is 5.10 Å². The number of ether oxygens (including phenoxy) is 1. The van der Waals surface area contributed by atoms with Gasteiger partial charge >= 0.3 is 0 Å². The number of hydrogen-bond acceptors (Lipinski definition) is 5. The molecule has 0 spiro atoms. The maximum atomic E-state index is 5.92. The van der Waals surface area contributed by atoms with Crippen LogP contribution in [0.15, 0.2) is 41.7 Å². The standard InChI is InChI=1S/C22H34ClN7O.HI/c1-24-22(25-16-21(27(2)3)18-15-26-28(4)17-18)30-11-9-29(10-12-30)13-14-31-20-7-5-19(23)6-8-20;/h5-8,15,17,21H,9-14,16H2,1-4H3,(H,24,25);1H. The molecule has 0 aliphatic carbocycles. The van der Waals surface area contributed by atoms with Crippen LogP contribution in [0.5, 0.6) is 5.75 Å². The third-order valence-corrected chi connectivity index (χ3v) is 5.81. The number of guanidine groups is 1. The number of aryl methyl sites for hydroxylation is 1. The van der Waals surface area contributed by atoms with E-state index >= 15 is 0 Å². The number of nitrogens with zero attached hydrogens (tertiary/aromatic N) is 6. The van der Waals surface area contributed by atoms with Crippen molar-refractivity contribution < 1.29 is 4.74 Å². The van der Waals surface area contributed by atoms with Gasteiger partial charge in [0, 0.05) is 70.1 Å². The Kier molecular flexibility index (Phi) is 11.0. The lowest BCUT2D eigenvalue weighted by atomic mass is 10.1. The van der Waals surface area contributed by atoms with E-state index in [9.17, 15) is 0 Å². The Bertz CT molecular complexity index is 835. The second-order valence-corrected chi connectivity index (χ2v) is 8.42. The molecule has 32 heavy (non-hydrogen) atoms. The van der Waals surface area contributed by atoms with Gasteiger partial charge in [-0.3, -0.25) is 14.6 Å². The summed E-state index contributed by atoms with van der Waals surface area (Å²) in [5, 5.41) is 8.59. The van der Waals surface area contributed by atoms with Crippen LogP contribution in [-0.2, 0) is 7.05 Å². The van der Waals surface area contributed by atoms with E-state index in [1.165, 1.54) is 5.56 Å². The van der Waals surface area contributed by atoms with Crippen LogP contribution in [0.25, 0.3) is 0 Å². The molecule has 1 N–H and O–H groups in total. The summed E-state index contributed by atoms with van der Waals surface area (Å²) in [7, 11) is 7.98. The summed E-state index contributed by atoms with van der Waals surface area (Å²) in [6.07, 6.45) is 4.00. The second-order valence-electron chi connectivity index (χ2n) is 7.99. The lowest BCUT2D eigenvalue weighted by Gasteiger charge is -2.37. The van der Waals surface area contributed by atoms with E-state index in [2.05, 4.69) is 50.4 Å². The molecular formula is C22H35ClIN7O. The smallest absolute Gasteiger partial charge is 0.193 e. The van der Waals surface area contributed by atoms with Crippen molar-refractivity contribution in [2.75, 3.05) is 67.0 Å². The van der Waals surface area contributed by atoms with Gasteiger partial charge in [0.25, 0.3) is 0 Å². The number of halogens is 2. The number of aromatic nitrogens is 2. The molecule has 1 atom stereocenters. The third kappa shape index (κ3) is 7.79. The number of rotatable bonds is 8. The van der Waals surface area contributed by atoms with Gasteiger partial charge in [-0.05, 0) is 38.4 Å². The van der Waals surface area contributed by atoms with Gasteiger partial charge in [-0.15, -0.1) is 24.0 Å². The zero-order chi connectivity index (χ0) is 22.2. The summed E-state index contributed by atoms with van der Waals surface area (Å²) < 4.78 is 7.67. The first-order valence-electron chi connectivity index (χ1n) is 10.7. The van der Waals surface area contributed by atoms with E-state index in [1.54, 1.807) is 0 Å². The van der Waals surface area contributed by atoms with Crippen LogP contribution in [-0.4, -0.2) is 97.5 Å². The first-order chi connectivity index (χ1) is 15.0. The first kappa shape index (κ1) is 26.7. The molecule has 2 aromatic rings. The number of nitrogens with one attached hydrogen (secondary N) is 1. The van der Waals surface area contributed by atoms with Gasteiger partial charge in [-0.25, -0.2) is 0 Å². The molecule has 1 unspecified atom stereocenters. The average molecular weight is 576 g/mol. The fourth-order valence-electron chi connectivity index (χ4n) is 3.74. The molecule has 3 rings (SSSR count). The minimum absolute atomic E-state index is 0. The summed E-state index contributed by atoms with van der Waals surface area (Å²) in [6, 6.07) is 7.74. The zero-order valence-corrected chi connectivity index (χ0v) is 22.5. The molecule has 1 aromatic carbocycles. The highest BCUT2D eigenvalue weighted by molar-refractivity contribution is 14.0. The Hall–Kier alpha value is -1.56. The number of likely N-dealkylation sites (N-methyl/N-ethyl adjacent to an activating group) is 1. The maximum absolute atomic E-state index is 5.92. The summed E-state index contributed by atoms with van der Waals surface area (Å²) >= 11 is 5.92. The Labute approximate surface area is 213 Å². The minimum atomic E-state index is 0. The highest BCUT2D eigenvalue weighted by Gasteiger charge is 2.21. The summed E-state index contributed by atoms with van der Waals surface area (Å²) in [5.41, 5.74) is 1.20. The van der Waals surface area contributed by atoms with Gasteiger partial charge in [-0.1, -0.05) is 11.6 Å². The number of aliphatic imine (C=N–C) groups is 1. The molecule has 0 amide bonds. The van der Waals surface area contributed by atoms with E-state index in [4.69, 9.17) is 16.3 Å². The molecule has 1 aliphatic heterocycles. The molecule has 1 aromatic heterocycles. The molecular weight excluding hydrogens is 541 g/mol. The molecule has 0 bridgehead atoms. The van der Waals surface area contributed by atoms with E-state index in [0.717, 1.165) is 56.0 Å². The number of hydrogen-bond donors (Lipinski definition) is 1. The molecule has 1 saturated heterocycles. The molecule has 0 saturated carbocycles. The maximum Gasteiger partial charge on any atom is 0.193 e.